The highest BCUT2D eigenvalue weighted by atomic mass is 32.1. The first-order valence-corrected chi connectivity index (χ1v) is 10.1. The molecule has 2 N–H and O–H groups in total. The molecule has 154 valence electrons. The number of aryl methyl sites for hydroxylation is 2. The zero-order valence-electron chi connectivity index (χ0n) is 17.1. The van der Waals surface area contributed by atoms with Crippen molar-refractivity contribution in [2.24, 2.45) is 0 Å². The van der Waals surface area contributed by atoms with E-state index >= 15 is 0 Å². The van der Waals surface area contributed by atoms with Crippen molar-refractivity contribution in [2.75, 3.05) is 5.32 Å². The number of hydrogen-bond acceptors (Lipinski definition) is 4. The largest absolute Gasteiger partial charge is 0.422 e. The number of benzene rings is 3. The van der Waals surface area contributed by atoms with Crippen LogP contribution in [0.15, 0.2) is 82.0 Å². The molecule has 4 aromatic rings. The van der Waals surface area contributed by atoms with Gasteiger partial charge in [-0.25, -0.2) is 4.79 Å². The fraction of sp³-hybridized carbons (Fsp3) is 0.0800. The molecule has 1 heterocycles. The molecule has 6 heteroatoms. The molecule has 5 nitrogen and oxygen atoms in total. The predicted molar refractivity (Wildman–Crippen MR) is 128 cm³/mol. The Labute approximate surface area is 184 Å². The minimum absolute atomic E-state index is 0.180. The van der Waals surface area contributed by atoms with E-state index < -0.39 is 5.63 Å². The Kier molecular flexibility index (Phi) is 5.64. The van der Waals surface area contributed by atoms with Gasteiger partial charge in [-0.1, -0.05) is 48.5 Å². The zero-order valence-corrected chi connectivity index (χ0v) is 17.9. The molecule has 0 aliphatic heterocycles. The van der Waals surface area contributed by atoms with E-state index in [0.29, 0.717) is 28.0 Å². The van der Waals surface area contributed by atoms with Crippen LogP contribution in [0.2, 0.25) is 0 Å². The van der Waals surface area contributed by atoms with Gasteiger partial charge < -0.3 is 9.73 Å². The molecule has 0 fully saturated rings. The number of anilines is 1. The zero-order chi connectivity index (χ0) is 22.0. The van der Waals surface area contributed by atoms with E-state index in [2.05, 4.69) is 10.6 Å². The molecule has 1 amide bonds. The van der Waals surface area contributed by atoms with Crippen LogP contribution in [-0.2, 0) is 0 Å². The molecular weight excluding hydrogens is 408 g/mol. The predicted octanol–water partition coefficient (Wildman–Crippen LogP) is 5.20. The van der Waals surface area contributed by atoms with Crippen LogP contribution in [0, 0.1) is 13.8 Å². The maximum atomic E-state index is 12.5. The standard InChI is InChI=1S/C25H20N2O3S/c1-15-7-3-5-9-19(15)23(28)27-25(31)26-21-14-17(12-11-16(21)2)20-13-18-8-4-6-10-22(18)30-24(20)29/h3-14H,1-2H3,(H2,26,27,28,31). The number of amides is 1. The van der Waals surface area contributed by atoms with Gasteiger partial charge in [0.1, 0.15) is 5.58 Å². The van der Waals surface area contributed by atoms with Gasteiger partial charge in [0.15, 0.2) is 5.11 Å². The molecule has 31 heavy (non-hydrogen) atoms. The fourth-order valence-corrected chi connectivity index (χ4v) is 3.54. The van der Waals surface area contributed by atoms with E-state index in [9.17, 15) is 9.59 Å². The molecule has 0 aliphatic carbocycles. The number of rotatable bonds is 3. The highest BCUT2D eigenvalue weighted by Gasteiger charge is 2.13. The summed E-state index contributed by atoms with van der Waals surface area (Å²) in [5, 5.41) is 6.79. The number of carbonyl (C=O) groups is 1. The maximum Gasteiger partial charge on any atom is 0.344 e. The Morgan fingerprint density at radius 2 is 1.65 bits per heavy atom. The van der Waals surface area contributed by atoms with Crippen LogP contribution in [0.3, 0.4) is 0 Å². The van der Waals surface area contributed by atoms with Crippen LogP contribution < -0.4 is 16.3 Å². The highest BCUT2D eigenvalue weighted by Crippen LogP contribution is 2.26. The van der Waals surface area contributed by atoms with Crippen molar-refractivity contribution in [1.29, 1.82) is 0 Å². The Hall–Kier alpha value is -3.77. The lowest BCUT2D eigenvalue weighted by Crippen LogP contribution is -2.34. The van der Waals surface area contributed by atoms with Gasteiger partial charge in [0.25, 0.3) is 5.91 Å². The molecular formula is C25H20N2O3S. The van der Waals surface area contributed by atoms with Crippen molar-refractivity contribution < 1.29 is 9.21 Å². The van der Waals surface area contributed by atoms with Gasteiger partial charge >= 0.3 is 5.63 Å². The van der Waals surface area contributed by atoms with E-state index in [1.54, 1.807) is 18.2 Å². The lowest BCUT2D eigenvalue weighted by molar-refractivity contribution is 0.0977. The van der Waals surface area contributed by atoms with Crippen LogP contribution in [0.1, 0.15) is 21.5 Å². The fourth-order valence-electron chi connectivity index (χ4n) is 3.34. The first-order valence-electron chi connectivity index (χ1n) is 9.74. The Morgan fingerprint density at radius 3 is 2.45 bits per heavy atom. The van der Waals surface area contributed by atoms with Gasteiger partial charge in [-0.15, -0.1) is 0 Å². The highest BCUT2D eigenvalue weighted by molar-refractivity contribution is 7.80. The number of nitrogens with one attached hydrogen (secondary N) is 2. The third kappa shape index (κ3) is 4.39. The molecule has 0 atom stereocenters. The minimum Gasteiger partial charge on any atom is -0.422 e. The first-order chi connectivity index (χ1) is 14.9. The molecule has 0 aliphatic rings. The molecule has 0 unspecified atom stereocenters. The Morgan fingerprint density at radius 1 is 0.903 bits per heavy atom. The minimum atomic E-state index is -0.413. The smallest absolute Gasteiger partial charge is 0.344 e. The quantitative estimate of drug-likeness (QED) is 0.347. The molecule has 0 radical (unpaired) electrons. The third-order valence-corrected chi connectivity index (χ3v) is 5.26. The summed E-state index contributed by atoms with van der Waals surface area (Å²) in [4.78, 5) is 25.0. The summed E-state index contributed by atoms with van der Waals surface area (Å²) in [6.45, 7) is 3.79. The van der Waals surface area contributed by atoms with Crippen molar-refractivity contribution in [3.05, 3.63) is 99.9 Å². The first kappa shape index (κ1) is 20.5. The van der Waals surface area contributed by atoms with Crippen molar-refractivity contribution >= 4 is 39.9 Å². The number of hydrogen-bond donors (Lipinski definition) is 2. The lowest BCUT2D eigenvalue weighted by Gasteiger charge is -2.14. The molecule has 4 rings (SSSR count). The van der Waals surface area contributed by atoms with Crippen molar-refractivity contribution in [3.8, 4) is 11.1 Å². The average Bonchev–Trinajstić information content (AvgIpc) is 2.75. The van der Waals surface area contributed by atoms with Gasteiger partial charge in [0, 0.05) is 16.6 Å². The van der Waals surface area contributed by atoms with Gasteiger partial charge in [0.2, 0.25) is 0 Å². The summed E-state index contributed by atoms with van der Waals surface area (Å²) in [5.41, 5.74) is 4.32. The molecule has 0 saturated heterocycles. The van der Waals surface area contributed by atoms with E-state index in [0.717, 1.165) is 16.5 Å². The van der Waals surface area contributed by atoms with E-state index in [-0.39, 0.29) is 11.0 Å². The van der Waals surface area contributed by atoms with Gasteiger partial charge in [0.05, 0.1) is 5.56 Å². The van der Waals surface area contributed by atoms with E-state index in [4.69, 9.17) is 16.6 Å². The van der Waals surface area contributed by atoms with Crippen LogP contribution in [-0.4, -0.2) is 11.0 Å². The van der Waals surface area contributed by atoms with E-state index in [1.807, 2.05) is 68.4 Å². The van der Waals surface area contributed by atoms with Crippen molar-refractivity contribution in [2.45, 2.75) is 13.8 Å². The van der Waals surface area contributed by atoms with Gasteiger partial charge in [-0.05, 0) is 67.0 Å². The third-order valence-electron chi connectivity index (χ3n) is 5.05. The maximum absolute atomic E-state index is 12.5. The number of para-hydroxylation sites is 1. The van der Waals surface area contributed by atoms with Crippen LogP contribution in [0.4, 0.5) is 5.69 Å². The van der Waals surface area contributed by atoms with E-state index in [1.165, 1.54) is 0 Å². The van der Waals surface area contributed by atoms with Gasteiger partial charge in [-0.2, -0.15) is 0 Å². The molecule has 0 bridgehead atoms. The summed E-state index contributed by atoms with van der Waals surface area (Å²) >= 11 is 5.34. The average molecular weight is 429 g/mol. The van der Waals surface area contributed by atoms with Crippen LogP contribution in [0.5, 0.6) is 0 Å². The normalized spacial score (nSPS) is 10.6. The summed E-state index contributed by atoms with van der Waals surface area (Å²) in [5.74, 6) is -0.278. The number of fused-ring (bicyclic) bond motifs is 1. The lowest BCUT2D eigenvalue weighted by atomic mass is 10.0. The molecule has 1 aromatic heterocycles. The van der Waals surface area contributed by atoms with Crippen LogP contribution in [0.25, 0.3) is 22.1 Å². The summed E-state index contributed by atoms with van der Waals surface area (Å²) in [6.07, 6.45) is 0. The Bertz CT molecular complexity index is 1370. The SMILES string of the molecule is Cc1ccc(-c2cc3ccccc3oc2=O)cc1NC(=S)NC(=O)c1ccccc1C. The summed E-state index contributed by atoms with van der Waals surface area (Å²) < 4.78 is 5.45. The summed E-state index contributed by atoms with van der Waals surface area (Å²) in [6, 6.07) is 22.1. The summed E-state index contributed by atoms with van der Waals surface area (Å²) in [7, 11) is 0. The second-order valence-electron chi connectivity index (χ2n) is 7.24. The molecule has 0 saturated carbocycles. The number of thiocarbonyl (C=S) groups is 1. The Balaban J connectivity index is 1.59. The van der Waals surface area contributed by atoms with Crippen LogP contribution >= 0.6 is 12.2 Å². The topological polar surface area (TPSA) is 71.3 Å². The molecule has 0 spiro atoms. The second-order valence-corrected chi connectivity index (χ2v) is 7.65. The second kappa shape index (κ2) is 8.53. The number of carbonyl (C=O) groups excluding carboxylic acids is 1. The molecule has 3 aromatic carbocycles. The van der Waals surface area contributed by atoms with Gasteiger partial charge in [-0.3, -0.25) is 10.1 Å². The van der Waals surface area contributed by atoms with Crippen molar-refractivity contribution in [1.82, 2.24) is 5.32 Å². The monoisotopic (exact) mass is 428 g/mol. The van der Waals surface area contributed by atoms with Crippen molar-refractivity contribution in [3.63, 3.8) is 0 Å².